The molecule has 0 spiro atoms. The Hall–Kier alpha value is -2.64. The van der Waals surface area contributed by atoms with Crippen molar-refractivity contribution in [1.82, 2.24) is 5.16 Å². The van der Waals surface area contributed by atoms with Crippen LogP contribution in [0.15, 0.2) is 51.9 Å². The van der Waals surface area contributed by atoms with Gasteiger partial charge in [-0.1, -0.05) is 41.6 Å². The molecule has 0 aliphatic heterocycles. The topological polar surface area (TPSA) is 81.4 Å². The molecule has 0 aliphatic carbocycles. The lowest BCUT2D eigenvalue weighted by Crippen LogP contribution is -2.15. The van der Waals surface area contributed by atoms with Crippen LogP contribution in [0, 0.1) is 20.8 Å². The van der Waals surface area contributed by atoms with Gasteiger partial charge in [0.1, 0.15) is 5.76 Å². The molecule has 1 N–H and O–H groups in total. The van der Waals surface area contributed by atoms with Crippen molar-refractivity contribution in [3.63, 3.8) is 0 Å². The monoisotopic (exact) mass is 414 g/mol. The minimum atomic E-state index is -3.88. The van der Waals surface area contributed by atoms with Crippen LogP contribution in [0.25, 0.3) is 11.1 Å². The fourth-order valence-electron chi connectivity index (χ4n) is 3.01. The summed E-state index contributed by atoms with van der Waals surface area (Å²) in [7, 11) is -3.88. The number of sulfonamides is 1. The molecule has 0 radical (unpaired) electrons. The predicted molar refractivity (Wildman–Crippen MR) is 113 cm³/mol. The lowest BCUT2D eigenvalue weighted by molar-refractivity contribution is 0.0657. The molecule has 6 nitrogen and oxygen atoms in total. The molecule has 1 heterocycles. The Morgan fingerprint density at radius 1 is 1.03 bits per heavy atom. The number of nitrogens with zero attached hydrogens (tertiary/aromatic N) is 1. The molecular formula is C22H26N2O4S. The Balaban J connectivity index is 2.08. The van der Waals surface area contributed by atoms with Crippen LogP contribution < -0.4 is 4.72 Å². The van der Waals surface area contributed by atoms with E-state index in [1.54, 1.807) is 26.0 Å². The second-order valence-electron chi connectivity index (χ2n) is 7.27. The van der Waals surface area contributed by atoms with Gasteiger partial charge < -0.3 is 9.26 Å². The number of aryl methyl sites for hydroxylation is 2. The molecule has 0 fully saturated rings. The summed E-state index contributed by atoms with van der Waals surface area (Å²) >= 11 is 0. The zero-order chi connectivity index (χ0) is 21.2. The smallest absolute Gasteiger partial charge is 0.263 e. The third kappa shape index (κ3) is 4.52. The Bertz CT molecular complexity index is 1120. The van der Waals surface area contributed by atoms with Gasteiger partial charge in [-0.15, -0.1) is 0 Å². The number of hydrogen-bond donors (Lipinski definition) is 1. The van der Waals surface area contributed by atoms with Gasteiger partial charge in [-0.05, 0) is 57.4 Å². The van der Waals surface area contributed by atoms with Crippen LogP contribution in [0.3, 0.4) is 0 Å². The maximum absolute atomic E-state index is 13.2. The van der Waals surface area contributed by atoms with Crippen molar-refractivity contribution < 1.29 is 17.7 Å². The van der Waals surface area contributed by atoms with E-state index < -0.39 is 10.0 Å². The highest BCUT2D eigenvalue weighted by molar-refractivity contribution is 7.92. The van der Waals surface area contributed by atoms with Crippen LogP contribution in [0.2, 0.25) is 0 Å². The fraction of sp³-hybridized carbons (Fsp3) is 0.318. The van der Waals surface area contributed by atoms with Crippen LogP contribution in [-0.4, -0.2) is 19.7 Å². The maximum Gasteiger partial charge on any atom is 0.263 e. The van der Waals surface area contributed by atoms with Gasteiger partial charge in [-0.2, -0.15) is 0 Å². The molecule has 0 aliphatic rings. The highest BCUT2D eigenvalue weighted by Crippen LogP contribution is 2.33. The molecule has 0 saturated heterocycles. The molecule has 3 aromatic rings. The number of nitrogens with one attached hydrogen (secondary N) is 1. The highest BCUT2D eigenvalue weighted by Gasteiger charge is 2.23. The molecule has 1 aromatic heterocycles. The van der Waals surface area contributed by atoms with E-state index in [1.807, 2.05) is 51.1 Å². The van der Waals surface area contributed by atoms with Crippen molar-refractivity contribution in [1.29, 1.82) is 0 Å². The van der Waals surface area contributed by atoms with Gasteiger partial charge in [-0.25, -0.2) is 8.42 Å². The second kappa shape index (κ2) is 8.39. The van der Waals surface area contributed by atoms with Crippen LogP contribution >= 0.6 is 0 Å². The first-order valence-corrected chi connectivity index (χ1v) is 10.9. The van der Waals surface area contributed by atoms with E-state index >= 15 is 0 Å². The number of hydrogen-bond acceptors (Lipinski definition) is 5. The zero-order valence-corrected chi connectivity index (χ0v) is 18.1. The number of benzene rings is 2. The van der Waals surface area contributed by atoms with Crippen molar-refractivity contribution in [2.24, 2.45) is 0 Å². The van der Waals surface area contributed by atoms with Gasteiger partial charge in [0.05, 0.1) is 17.6 Å². The molecule has 2 aromatic carbocycles. The molecule has 0 unspecified atom stereocenters. The van der Waals surface area contributed by atoms with Gasteiger partial charge in [0, 0.05) is 11.1 Å². The predicted octanol–water partition coefficient (Wildman–Crippen LogP) is 4.99. The van der Waals surface area contributed by atoms with Crippen LogP contribution in [0.5, 0.6) is 0 Å². The van der Waals surface area contributed by atoms with Gasteiger partial charge >= 0.3 is 0 Å². The number of ether oxygens (including phenoxy) is 1. The number of anilines is 1. The summed E-state index contributed by atoms with van der Waals surface area (Å²) in [5, 5.41) is 3.82. The van der Waals surface area contributed by atoms with E-state index in [-0.39, 0.29) is 16.8 Å². The third-order valence-electron chi connectivity index (χ3n) is 4.83. The largest absolute Gasteiger partial charge is 0.374 e. The van der Waals surface area contributed by atoms with E-state index in [9.17, 15) is 8.42 Å². The van der Waals surface area contributed by atoms with E-state index in [1.165, 1.54) is 0 Å². The van der Waals surface area contributed by atoms with Gasteiger partial charge in [0.25, 0.3) is 10.0 Å². The van der Waals surface area contributed by atoms with Gasteiger partial charge in [0.2, 0.25) is 0 Å². The third-order valence-corrected chi connectivity index (χ3v) is 6.22. The molecule has 0 amide bonds. The first kappa shape index (κ1) is 21.1. The lowest BCUT2D eigenvalue weighted by Gasteiger charge is -2.17. The average Bonchev–Trinajstić information content (AvgIpc) is 2.98. The Morgan fingerprint density at radius 3 is 2.38 bits per heavy atom. The Labute approximate surface area is 171 Å². The van der Waals surface area contributed by atoms with Crippen molar-refractivity contribution in [3.8, 4) is 11.1 Å². The Kier molecular flexibility index (Phi) is 6.10. The molecule has 3 rings (SSSR count). The summed E-state index contributed by atoms with van der Waals surface area (Å²) < 4.78 is 39.9. The molecule has 154 valence electrons. The van der Waals surface area contributed by atoms with Crippen molar-refractivity contribution in [3.05, 3.63) is 64.9 Å². The quantitative estimate of drug-likeness (QED) is 0.589. The van der Waals surface area contributed by atoms with E-state index in [0.717, 1.165) is 16.7 Å². The SMILES string of the molecule is Cc1cccc(-c2ccccc2S(=O)(=O)Nc2noc(C)c2C)c1COC(C)C. The van der Waals surface area contributed by atoms with Crippen LogP contribution in [0.4, 0.5) is 5.82 Å². The van der Waals surface area contributed by atoms with Crippen LogP contribution in [0.1, 0.15) is 36.3 Å². The number of rotatable bonds is 7. The highest BCUT2D eigenvalue weighted by atomic mass is 32.2. The first-order valence-electron chi connectivity index (χ1n) is 9.46. The molecule has 0 saturated carbocycles. The van der Waals surface area contributed by atoms with E-state index in [0.29, 0.717) is 23.5 Å². The molecule has 7 heteroatoms. The second-order valence-corrected chi connectivity index (χ2v) is 8.93. The molecular weight excluding hydrogens is 388 g/mol. The minimum absolute atomic E-state index is 0.0708. The fourth-order valence-corrected chi connectivity index (χ4v) is 4.29. The van der Waals surface area contributed by atoms with Crippen molar-refractivity contribution >= 4 is 15.8 Å². The summed E-state index contributed by atoms with van der Waals surface area (Å²) in [5.41, 5.74) is 4.12. The summed E-state index contributed by atoms with van der Waals surface area (Å²) in [5.74, 6) is 0.771. The summed E-state index contributed by atoms with van der Waals surface area (Å²) in [6.45, 7) is 9.85. The van der Waals surface area contributed by atoms with Gasteiger partial charge in [0.15, 0.2) is 5.82 Å². The standard InChI is InChI=1S/C22H26N2O4S/c1-14(2)27-13-20-15(3)9-8-11-18(20)19-10-6-7-12-21(19)29(25,26)24-22-16(4)17(5)28-23-22/h6-12,14H,13H2,1-5H3,(H,23,24). The molecule has 0 atom stereocenters. The van der Waals surface area contributed by atoms with Crippen molar-refractivity contribution in [2.75, 3.05) is 4.72 Å². The van der Waals surface area contributed by atoms with Crippen molar-refractivity contribution in [2.45, 2.75) is 52.2 Å². The van der Waals surface area contributed by atoms with E-state index in [4.69, 9.17) is 9.26 Å². The zero-order valence-electron chi connectivity index (χ0n) is 17.3. The lowest BCUT2D eigenvalue weighted by atomic mass is 9.96. The molecule has 29 heavy (non-hydrogen) atoms. The van der Waals surface area contributed by atoms with E-state index in [2.05, 4.69) is 9.88 Å². The van der Waals surface area contributed by atoms with Gasteiger partial charge in [-0.3, -0.25) is 4.72 Å². The summed E-state index contributed by atoms with van der Waals surface area (Å²) in [6.07, 6.45) is 0.0708. The summed E-state index contributed by atoms with van der Waals surface area (Å²) in [4.78, 5) is 0.177. The maximum atomic E-state index is 13.2. The summed E-state index contributed by atoms with van der Waals surface area (Å²) in [6, 6.07) is 12.8. The number of aromatic nitrogens is 1. The van der Waals surface area contributed by atoms with Crippen LogP contribution in [-0.2, 0) is 21.4 Å². The first-order chi connectivity index (χ1) is 13.7. The normalized spacial score (nSPS) is 11.8. The minimum Gasteiger partial charge on any atom is -0.374 e. The average molecular weight is 415 g/mol. The Morgan fingerprint density at radius 2 is 1.72 bits per heavy atom. The molecule has 0 bridgehead atoms.